The van der Waals surface area contributed by atoms with E-state index in [0.29, 0.717) is 0 Å². The van der Waals surface area contributed by atoms with Gasteiger partial charge in [-0.3, -0.25) is 0 Å². The van der Waals surface area contributed by atoms with Crippen LogP contribution >= 0.6 is 11.8 Å². The van der Waals surface area contributed by atoms with Gasteiger partial charge in [-0.05, 0) is 35.5 Å². The van der Waals surface area contributed by atoms with E-state index in [9.17, 15) is 0 Å². The van der Waals surface area contributed by atoms with Crippen molar-refractivity contribution in [3.05, 3.63) is 35.4 Å². The number of rotatable bonds is 5. The normalized spacial score (nSPS) is 10.3. The van der Waals surface area contributed by atoms with E-state index < -0.39 is 0 Å². The molecule has 0 atom stereocenters. The molecule has 1 heteroatoms. The van der Waals surface area contributed by atoms with Crippen LogP contribution in [0.1, 0.15) is 25.0 Å². The van der Waals surface area contributed by atoms with Crippen molar-refractivity contribution < 1.29 is 0 Å². The van der Waals surface area contributed by atoms with Gasteiger partial charge >= 0.3 is 0 Å². The SMILES string of the molecule is CCSCCc1ccc(CC)cc1. The molecule has 0 saturated carbocycles. The lowest BCUT2D eigenvalue weighted by Gasteiger charge is -2.01. The Morgan fingerprint density at radius 3 is 2.15 bits per heavy atom. The van der Waals surface area contributed by atoms with Crippen molar-refractivity contribution in [1.82, 2.24) is 0 Å². The van der Waals surface area contributed by atoms with Gasteiger partial charge in [0.25, 0.3) is 0 Å². The van der Waals surface area contributed by atoms with Crippen LogP contribution in [-0.4, -0.2) is 11.5 Å². The van der Waals surface area contributed by atoms with Crippen molar-refractivity contribution in [2.24, 2.45) is 0 Å². The van der Waals surface area contributed by atoms with E-state index in [1.54, 1.807) is 0 Å². The second-order valence-corrected chi connectivity index (χ2v) is 4.51. The molecule has 0 heterocycles. The minimum atomic E-state index is 1.14. The summed E-state index contributed by atoms with van der Waals surface area (Å²) in [5, 5.41) is 0. The molecule has 13 heavy (non-hydrogen) atoms. The summed E-state index contributed by atoms with van der Waals surface area (Å²) in [7, 11) is 0. The molecule has 0 amide bonds. The van der Waals surface area contributed by atoms with Gasteiger partial charge in [-0.25, -0.2) is 0 Å². The van der Waals surface area contributed by atoms with Crippen molar-refractivity contribution in [1.29, 1.82) is 0 Å². The smallest absolute Gasteiger partial charge is 0.00271 e. The van der Waals surface area contributed by atoms with Crippen molar-refractivity contribution >= 4 is 11.8 Å². The fourth-order valence-corrected chi connectivity index (χ4v) is 1.94. The molecule has 0 saturated heterocycles. The highest BCUT2D eigenvalue weighted by Crippen LogP contribution is 2.08. The molecule has 0 aliphatic heterocycles. The first-order chi connectivity index (χ1) is 6.36. The van der Waals surface area contributed by atoms with Crippen LogP contribution in [0.4, 0.5) is 0 Å². The molecule has 0 nitrogen and oxygen atoms in total. The molecular weight excluding hydrogens is 176 g/mol. The van der Waals surface area contributed by atoms with Crippen LogP contribution in [-0.2, 0) is 12.8 Å². The zero-order chi connectivity index (χ0) is 9.52. The zero-order valence-electron chi connectivity index (χ0n) is 8.55. The van der Waals surface area contributed by atoms with Crippen LogP contribution in [0.25, 0.3) is 0 Å². The summed E-state index contributed by atoms with van der Waals surface area (Å²) in [6.45, 7) is 4.41. The second kappa shape index (κ2) is 6.09. The summed E-state index contributed by atoms with van der Waals surface area (Å²) >= 11 is 2.01. The molecule has 0 N–H and O–H groups in total. The lowest BCUT2D eigenvalue weighted by Crippen LogP contribution is -1.89. The highest BCUT2D eigenvalue weighted by atomic mass is 32.2. The maximum absolute atomic E-state index is 2.26. The molecule has 72 valence electrons. The van der Waals surface area contributed by atoms with E-state index >= 15 is 0 Å². The lowest BCUT2D eigenvalue weighted by atomic mass is 10.1. The van der Waals surface area contributed by atoms with Crippen LogP contribution in [0.5, 0.6) is 0 Å². The van der Waals surface area contributed by atoms with Gasteiger partial charge in [0.15, 0.2) is 0 Å². The predicted molar refractivity (Wildman–Crippen MR) is 62.5 cm³/mol. The standard InChI is InChI=1S/C12H18S/c1-3-11-5-7-12(8-6-11)9-10-13-4-2/h5-8H,3-4,9-10H2,1-2H3. The van der Waals surface area contributed by atoms with Crippen LogP contribution in [0.3, 0.4) is 0 Å². The molecule has 1 aromatic carbocycles. The van der Waals surface area contributed by atoms with Crippen LogP contribution in [0.2, 0.25) is 0 Å². The van der Waals surface area contributed by atoms with Crippen molar-refractivity contribution in [2.45, 2.75) is 26.7 Å². The van der Waals surface area contributed by atoms with E-state index in [1.165, 1.54) is 29.1 Å². The number of hydrogen-bond acceptors (Lipinski definition) is 1. The summed E-state index contributed by atoms with van der Waals surface area (Å²) in [4.78, 5) is 0. The van der Waals surface area contributed by atoms with Gasteiger partial charge in [0.2, 0.25) is 0 Å². The van der Waals surface area contributed by atoms with Crippen LogP contribution in [0.15, 0.2) is 24.3 Å². The maximum Gasteiger partial charge on any atom is -0.00271 e. The fraction of sp³-hybridized carbons (Fsp3) is 0.500. The average Bonchev–Trinajstić information content (AvgIpc) is 2.19. The second-order valence-electron chi connectivity index (χ2n) is 3.12. The molecule has 0 unspecified atom stereocenters. The summed E-state index contributed by atoms with van der Waals surface area (Å²) in [6, 6.07) is 9.00. The largest absolute Gasteiger partial charge is 0.162 e. The molecule has 0 radical (unpaired) electrons. The number of benzene rings is 1. The third kappa shape index (κ3) is 3.86. The van der Waals surface area contributed by atoms with Gasteiger partial charge in [-0.2, -0.15) is 11.8 Å². The molecule has 1 aromatic rings. The van der Waals surface area contributed by atoms with Gasteiger partial charge in [0.1, 0.15) is 0 Å². The Balaban J connectivity index is 2.40. The highest BCUT2D eigenvalue weighted by molar-refractivity contribution is 7.99. The van der Waals surface area contributed by atoms with Crippen molar-refractivity contribution in [3.63, 3.8) is 0 Å². The van der Waals surface area contributed by atoms with E-state index in [0.717, 1.165) is 6.42 Å². The highest BCUT2D eigenvalue weighted by Gasteiger charge is 1.93. The molecule has 1 rings (SSSR count). The molecule has 0 aliphatic carbocycles. The summed E-state index contributed by atoms with van der Waals surface area (Å²) in [5.74, 6) is 2.48. The molecule has 0 aliphatic rings. The van der Waals surface area contributed by atoms with Crippen molar-refractivity contribution in [2.75, 3.05) is 11.5 Å². The number of hydrogen-bond donors (Lipinski definition) is 0. The predicted octanol–water partition coefficient (Wildman–Crippen LogP) is 3.54. The van der Waals surface area contributed by atoms with Gasteiger partial charge < -0.3 is 0 Å². The van der Waals surface area contributed by atoms with Crippen molar-refractivity contribution in [3.8, 4) is 0 Å². The maximum atomic E-state index is 2.26. The summed E-state index contributed by atoms with van der Waals surface area (Å²) in [5.41, 5.74) is 2.91. The van der Waals surface area contributed by atoms with Crippen LogP contribution < -0.4 is 0 Å². The topological polar surface area (TPSA) is 0 Å². The summed E-state index contributed by atoms with van der Waals surface area (Å²) < 4.78 is 0. The minimum Gasteiger partial charge on any atom is -0.162 e. The van der Waals surface area contributed by atoms with E-state index in [2.05, 4.69) is 38.1 Å². The molecule has 0 fully saturated rings. The Labute approximate surface area is 85.7 Å². The van der Waals surface area contributed by atoms with E-state index in [1.807, 2.05) is 11.8 Å². The Morgan fingerprint density at radius 1 is 1.00 bits per heavy atom. The average molecular weight is 194 g/mol. The zero-order valence-corrected chi connectivity index (χ0v) is 9.36. The Hall–Kier alpha value is -0.430. The Kier molecular flexibility index (Phi) is 4.99. The Morgan fingerprint density at radius 2 is 1.62 bits per heavy atom. The van der Waals surface area contributed by atoms with Gasteiger partial charge in [0.05, 0.1) is 0 Å². The first-order valence-electron chi connectivity index (χ1n) is 5.02. The third-order valence-electron chi connectivity index (χ3n) is 2.17. The Bertz CT molecular complexity index is 225. The van der Waals surface area contributed by atoms with Gasteiger partial charge in [-0.1, -0.05) is 38.1 Å². The molecular formula is C12H18S. The van der Waals surface area contributed by atoms with Gasteiger partial charge in [0, 0.05) is 0 Å². The third-order valence-corrected chi connectivity index (χ3v) is 3.07. The quantitative estimate of drug-likeness (QED) is 0.646. The van der Waals surface area contributed by atoms with Crippen LogP contribution in [0, 0.1) is 0 Å². The lowest BCUT2D eigenvalue weighted by molar-refractivity contribution is 1.11. The first kappa shape index (κ1) is 10.6. The number of thioether (sulfide) groups is 1. The molecule has 0 bridgehead atoms. The molecule has 0 aromatic heterocycles. The minimum absolute atomic E-state index is 1.14. The van der Waals surface area contributed by atoms with E-state index in [-0.39, 0.29) is 0 Å². The number of aryl methyl sites for hydroxylation is 2. The fourth-order valence-electron chi connectivity index (χ4n) is 1.28. The summed E-state index contributed by atoms with van der Waals surface area (Å²) in [6.07, 6.45) is 2.35. The van der Waals surface area contributed by atoms with E-state index in [4.69, 9.17) is 0 Å². The first-order valence-corrected chi connectivity index (χ1v) is 6.17. The van der Waals surface area contributed by atoms with Gasteiger partial charge in [-0.15, -0.1) is 0 Å². The molecule has 0 spiro atoms. The monoisotopic (exact) mass is 194 g/mol.